The summed E-state index contributed by atoms with van der Waals surface area (Å²) in [5.74, 6) is -0.497. The molecular weight excluding hydrogens is 460 g/mol. The number of carbonyl (C=O) groups is 3. The Kier molecular flexibility index (Phi) is 8.57. The number of piperidine rings is 1. The number of carbonyl (C=O) groups excluding carboxylic acids is 3. The number of rotatable bonds is 8. The molecule has 0 spiro atoms. The summed E-state index contributed by atoms with van der Waals surface area (Å²) in [6.45, 7) is 8.15. The molecule has 194 valence electrons. The highest BCUT2D eigenvalue weighted by Gasteiger charge is 2.55. The van der Waals surface area contributed by atoms with Gasteiger partial charge >= 0.3 is 12.2 Å². The number of primary amides is 1. The molecule has 1 saturated heterocycles. The molecule has 3 rings (SSSR count). The van der Waals surface area contributed by atoms with Gasteiger partial charge in [-0.1, -0.05) is 60.7 Å². The van der Waals surface area contributed by atoms with Crippen LogP contribution in [0.25, 0.3) is 0 Å². The molecule has 9 nitrogen and oxygen atoms in total. The lowest BCUT2D eigenvalue weighted by Crippen LogP contribution is -2.71. The number of hydrogen-bond acceptors (Lipinski definition) is 6. The summed E-state index contributed by atoms with van der Waals surface area (Å²) in [6, 6.07) is 18.9. The lowest BCUT2D eigenvalue weighted by Gasteiger charge is -2.57. The average molecular weight is 497 g/mol. The minimum absolute atomic E-state index is 0.0293. The third kappa shape index (κ3) is 6.97. The Morgan fingerprint density at radius 2 is 1.33 bits per heavy atom. The van der Waals surface area contributed by atoms with E-state index in [0.29, 0.717) is 13.0 Å². The first-order chi connectivity index (χ1) is 17.0. The van der Waals surface area contributed by atoms with Crippen LogP contribution in [0.1, 0.15) is 45.2 Å². The standard InChI is InChI=1S/C27H36N4O5/c1-26(2)15-21(35-24(33)29-16-19-11-7-5-8-12-19)23(27(3,4)31(26)18-22(28)32)36-25(34)30-17-20-13-9-6-10-14-20/h5-14,21,23H,15-18H2,1-4H3,(H2,28,32)(H,29,33)(H,30,34). The third-order valence-corrected chi connectivity index (χ3v) is 6.53. The van der Waals surface area contributed by atoms with Crippen molar-refractivity contribution in [3.05, 3.63) is 71.8 Å². The SMILES string of the molecule is CC1(C)CC(OC(=O)NCc2ccccc2)C(OC(=O)NCc2ccccc2)C(C)(C)N1CC(N)=O. The number of nitrogens with zero attached hydrogens (tertiary/aromatic N) is 1. The monoisotopic (exact) mass is 496 g/mol. The number of nitrogens with one attached hydrogen (secondary N) is 2. The van der Waals surface area contributed by atoms with Crippen molar-refractivity contribution in [3.8, 4) is 0 Å². The van der Waals surface area contributed by atoms with Gasteiger partial charge in [-0.3, -0.25) is 9.69 Å². The molecule has 4 N–H and O–H groups in total. The van der Waals surface area contributed by atoms with E-state index in [-0.39, 0.29) is 13.1 Å². The van der Waals surface area contributed by atoms with Crippen LogP contribution in [0.3, 0.4) is 0 Å². The highest BCUT2D eigenvalue weighted by Crippen LogP contribution is 2.41. The highest BCUT2D eigenvalue weighted by molar-refractivity contribution is 5.76. The van der Waals surface area contributed by atoms with Crippen molar-refractivity contribution >= 4 is 18.1 Å². The molecule has 9 heteroatoms. The molecule has 1 fully saturated rings. The van der Waals surface area contributed by atoms with Gasteiger partial charge in [0, 0.05) is 25.0 Å². The Balaban J connectivity index is 1.76. The summed E-state index contributed by atoms with van der Waals surface area (Å²) in [6.07, 6.45) is -2.54. The van der Waals surface area contributed by atoms with E-state index in [2.05, 4.69) is 10.6 Å². The number of likely N-dealkylation sites (tertiary alicyclic amines) is 1. The second kappa shape index (κ2) is 11.4. The maximum Gasteiger partial charge on any atom is 0.407 e. The van der Waals surface area contributed by atoms with Crippen LogP contribution in [0.2, 0.25) is 0 Å². The fourth-order valence-corrected chi connectivity index (χ4v) is 4.87. The summed E-state index contributed by atoms with van der Waals surface area (Å²) in [5.41, 5.74) is 5.95. The molecule has 0 saturated carbocycles. The van der Waals surface area contributed by atoms with Crippen molar-refractivity contribution in [2.45, 2.75) is 70.5 Å². The van der Waals surface area contributed by atoms with Crippen LogP contribution in [0, 0.1) is 0 Å². The molecule has 0 aliphatic carbocycles. The van der Waals surface area contributed by atoms with E-state index < -0.39 is 41.4 Å². The minimum atomic E-state index is -0.870. The van der Waals surface area contributed by atoms with Crippen LogP contribution < -0.4 is 16.4 Å². The predicted octanol–water partition coefficient (Wildman–Crippen LogP) is 3.32. The van der Waals surface area contributed by atoms with Crippen LogP contribution in [-0.4, -0.2) is 52.8 Å². The van der Waals surface area contributed by atoms with E-state index in [1.807, 2.05) is 93.3 Å². The van der Waals surface area contributed by atoms with Gasteiger partial charge in [-0.2, -0.15) is 0 Å². The first-order valence-corrected chi connectivity index (χ1v) is 12.0. The van der Waals surface area contributed by atoms with Crippen molar-refractivity contribution in [2.75, 3.05) is 6.54 Å². The second-order valence-electron chi connectivity index (χ2n) is 10.2. The molecule has 1 heterocycles. The van der Waals surface area contributed by atoms with Crippen LogP contribution in [0.5, 0.6) is 0 Å². The summed E-state index contributed by atoms with van der Waals surface area (Å²) in [5, 5.41) is 5.51. The van der Waals surface area contributed by atoms with Gasteiger partial charge < -0.3 is 25.8 Å². The number of amides is 3. The van der Waals surface area contributed by atoms with Gasteiger partial charge in [0.25, 0.3) is 0 Å². The average Bonchev–Trinajstić information content (AvgIpc) is 2.83. The molecule has 3 amide bonds. The van der Waals surface area contributed by atoms with E-state index in [4.69, 9.17) is 15.2 Å². The quantitative estimate of drug-likeness (QED) is 0.515. The topological polar surface area (TPSA) is 123 Å². The number of ether oxygens (including phenoxy) is 2. The maximum absolute atomic E-state index is 12.8. The van der Waals surface area contributed by atoms with Crippen LogP contribution in [-0.2, 0) is 27.4 Å². The second-order valence-corrected chi connectivity index (χ2v) is 10.2. The normalized spacial score (nSPS) is 20.7. The minimum Gasteiger partial charge on any atom is -0.442 e. The van der Waals surface area contributed by atoms with Gasteiger partial charge in [0.05, 0.1) is 12.1 Å². The van der Waals surface area contributed by atoms with Crippen molar-refractivity contribution < 1.29 is 23.9 Å². The lowest BCUT2D eigenvalue weighted by atomic mass is 9.75. The van der Waals surface area contributed by atoms with Crippen LogP contribution in [0.4, 0.5) is 9.59 Å². The van der Waals surface area contributed by atoms with Gasteiger partial charge in [-0.15, -0.1) is 0 Å². The van der Waals surface area contributed by atoms with E-state index in [0.717, 1.165) is 11.1 Å². The third-order valence-electron chi connectivity index (χ3n) is 6.53. The van der Waals surface area contributed by atoms with Crippen LogP contribution in [0.15, 0.2) is 60.7 Å². The van der Waals surface area contributed by atoms with Crippen molar-refractivity contribution in [1.82, 2.24) is 15.5 Å². The number of benzene rings is 2. The Labute approximate surface area is 212 Å². The van der Waals surface area contributed by atoms with Crippen molar-refractivity contribution in [2.24, 2.45) is 5.73 Å². The first-order valence-electron chi connectivity index (χ1n) is 12.0. The molecule has 2 aromatic rings. The molecule has 2 unspecified atom stereocenters. The fraction of sp³-hybridized carbons (Fsp3) is 0.444. The van der Waals surface area contributed by atoms with Crippen LogP contribution >= 0.6 is 0 Å². The predicted molar refractivity (Wildman–Crippen MR) is 136 cm³/mol. The molecule has 0 aromatic heterocycles. The molecule has 1 aliphatic heterocycles. The Hall–Kier alpha value is -3.59. The van der Waals surface area contributed by atoms with Gasteiger partial charge in [0.15, 0.2) is 6.10 Å². The zero-order chi connectivity index (χ0) is 26.3. The van der Waals surface area contributed by atoms with E-state index in [9.17, 15) is 14.4 Å². The zero-order valence-electron chi connectivity index (χ0n) is 21.3. The molecule has 1 aliphatic rings. The molecule has 0 bridgehead atoms. The van der Waals surface area contributed by atoms with Crippen molar-refractivity contribution in [3.63, 3.8) is 0 Å². The number of hydrogen-bond donors (Lipinski definition) is 3. The van der Waals surface area contributed by atoms with Gasteiger partial charge in [0.1, 0.15) is 6.10 Å². The van der Waals surface area contributed by atoms with Crippen molar-refractivity contribution in [1.29, 1.82) is 0 Å². The molecule has 36 heavy (non-hydrogen) atoms. The maximum atomic E-state index is 12.8. The molecule has 0 radical (unpaired) electrons. The first kappa shape index (κ1) is 27.0. The Morgan fingerprint density at radius 3 is 1.81 bits per heavy atom. The van der Waals surface area contributed by atoms with E-state index in [1.165, 1.54) is 0 Å². The van der Waals surface area contributed by atoms with Gasteiger partial charge in [0.2, 0.25) is 5.91 Å². The van der Waals surface area contributed by atoms with E-state index in [1.54, 1.807) is 0 Å². The summed E-state index contributed by atoms with van der Waals surface area (Å²) in [4.78, 5) is 39.3. The largest absolute Gasteiger partial charge is 0.442 e. The Bertz CT molecular complexity index is 1040. The highest BCUT2D eigenvalue weighted by atomic mass is 16.6. The number of alkyl carbamates (subject to hydrolysis) is 2. The Morgan fingerprint density at radius 1 is 0.861 bits per heavy atom. The summed E-state index contributed by atoms with van der Waals surface area (Å²) < 4.78 is 11.7. The fourth-order valence-electron chi connectivity index (χ4n) is 4.87. The lowest BCUT2D eigenvalue weighted by molar-refractivity contribution is -0.166. The summed E-state index contributed by atoms with van der Waals surface area (Å²) in [7, 11) is 0. The molecular formula is C27H36N4O5. The zero-order valence-corrected chi connectivity index (χ0v) is 21.3. The smallest absolute Gasteiger partial charge is 0.407 e. The summed E-state index contributed by atoms with van der Waals surface area (Å²) >= 11 is 0. The van der Waals surface area contributed by atoms with E-state index >= 15 is 0 Å². The van der Waals surface area contributed by atoms with Gasteiger partial charge in [-0.25, -0.2) is 9.59 Å². The molecule has 2 aromatic carbocycles. The van der Waals surface area contributed by atoms with Gasteiger partial charge in [-0.05, 0) is 38.8 Å². The molecule has 2 atom stereocenters. The number of nitrogens with two attached hydrogens (primary N) is 1.